The monoisotopic (exact) mass is 621 g/mol. The Kier molecular flexibility index (Phi) is 46.6. The van der Waals surface area contributed by atoms with Crippen molar-refractivity contribution in [2.75, 3.05) is 26.2 Å². The quantitative estimate of drug-likeness (QED) is 0.0557. The summed E-state index contributed by atoms with van der Waals surface area (Å²) in [7, 11) is 0. The van der Waals surface area contributed by atoms with Crippen LogP contribution in [0, 0.1) is 0 Å². The number of hydrogen-bond acceptors (Lipinski definition) is 2. The molecule has 0 aliphatic carbocycles. The van der Waals surface area contributed by atoms with Crippen LogP contribution in [0.5, 0.6) is 0 Å². The summed E-state index contributed by atoms with van der Waals surface area (Å²) < 4.78 is 0. The lowest BCUT2D eigenvalue weighted by molar-refractivity contribution is 0.254. The van der Waals surface area contributed by atoms with Crippen LogP contribution in [-0.4, -0.2) is 31.1 Å². The van der Waals surface area contributed by atoms with Gasteiger partial charge in [-0.2, -0.15) is 0 Å². The highest BCUT2D eigenvalue weighted by atomic mass is 15.1. The van der Waals surface area contributed by atoms with Crippen molar-refractivity contribution in [1.82, 2.24) is 4.90 Å². The fourth-order valence-corrected chi connectivity index (χ4v) is 6.07. The third-order valence-electron chi connectivity index (χ3n) is 9.20. The maximum Gasteiger partial charge on any atom is -0.00187 e. The topological polar surface area (TPSA) is 29.3 Å². The van der Waals surface area contributed by atoms with E-state index in [1.165, 1.54) is 225 Å². The number of hydrogen-bond donors (Lipinski definition) is 1. The Hall–Kier alpha value is -0.340. The van der Waals surface area contributed by atoms with Crippen molar-refractivity contribution in [1.29, 1.82) is 0 Å². The van der Waals surface area contributed by atoms with Gasteiger partial charge in [0, 0.05) is 0 Å². The van der Waals surface area contributed by atoms with Crippen molar-refractivity contribution in [3.63, 3.8) is 0 Å². The van der Waals surface area contributed by atoms with Gasteiger partial charge in [-0.25, -0.2) is 0 Å². The van der Waals surface area contributed by atoms with Crippen LogP contribution in [0.25, 0.3) is 0 Å². The summed E-state index contributed by atoms with van der Waals surface area (Å²) in [5.41, 5.74) is 5.47. The molecule has 44 heavy (non-hydrogen) atoms. The SMILES string of the molecule is CCCCCCCC/C=C\CCCCCCCCN.CCCCCCCCN(CCCCCCCC)CCCCCCCC. The average Bonchev–Trinajstić information content (AvgIpc) is 3.04. The lowest BCUT2D eigenvalue weighted by atomic mass is 10.1. The van der Waals surface area contributed by atoms with Gasteiger partial charge in [-0.1, -0.05) is 194 Å². The molecule has 0 aromatic carbocycles. The van der Waals surface area contributed by atoms with Crippen molar-refractivity contribution in [3.8, 4) is 0 Å². The van der Waals surface area contributed by atoms with E-state index in [0.29, 0.717) is 0 Å². The molecule has 0 fully saturated rings. The van der Waals surface area contributed by atoms with Crippen molar-refractivity contribution < 1.29 is 0 Å². The van der Waals surface area contributed by atoms with Crippen LogP contribution in [0.2, 0.25) is 0 Å². The Morgan fingerprint density at radius 2 is 0.568 bits per heavy atom. The Morgan fingerprint density at radius 3 is 0.864 bits per heavy atom. The third kappa shape index (κ3) is 43.8. The van der Waals surface area contributed by atoms with E-state index >= 15 is 0 Å². The normalized spacial score (nSPS) is 11.5. The number of nitrogens with zero attached hydrogens (tertiary/aromatic N) is 1. The molecule has 0 aromatic rings. The lowest BCUT2D eigenvalue weighted by Crippen LogP contribution is -2.27. The first-order chi connectivity index (χ1) is 21.8. The molecular formula is C42H88N2. The first kappa shape index (κ1) is 45.8. The van der Waals surface area contributed by atoms with Crippen LogP contribution >= 0.6 is 0 Å². The molecule has 0 saturated heterocycles. The van der Waals surface area contributed by atoms with Crippen LogP contribution in [0.1, 0.15) is 233 Å². The van der Waals surface area contributed by atoms with Gasteiger partial charge in [0.05, 0.1) is 0 Å². The molecule has 2 N–H and O–H groups in total. The standard InChI is InChI=1S/C24H51N.C18H37N/c1-4-7-10-13-16-19-22-25(23-20-17-14-11-8-5-2)24-21-18-15-12-9-6-3;1-2-3-4-5-6-7-8-9-10-11-12-13-14-15-16-17-18-19/h4-24H2,1-3H3;9-10H,2-8,11-19H2,1H3/b;10-9-. The van der Waals surface area contributed by atoms with E-state index < -0.39 is 0 Å². The van der Waals surface area contributed by atoms with Gasteiger partial charge < -0.3 is 10.6 Å². The van der Waals surface area contributed by atoms with E-state index in [4.69, 9.17) is 5.73 Å². The van der Waals surface area contributed by atoms with E-state index in [-0.39, 0.29) is 0 Å². The van der Waals surface area contributed by atoms with E-state index in [1.807, 2.05) is 0 Å². The molecule has 0 aliphatic rings. The smallest absolute Gasteiger partial charge is 0.00187 e. The molecule has 0 bridgehead atoms. The van der Waals surface area contributed by atoms with E-state index in [9.17, 15) is 0 Å². The zero-order valence-electron chi connectivity index (χ0n) is 31.6. The van der Waals surface area contributed by atoms with Crippen molar-refractivity contribution >= 4 is 0 Å². The lowest BCUT2D eigenvalue weighted by Gasteiger charge is -2.22. The first-order valence-corrected chi connectivity index (χ1v) is 20.8. The zero-order chi connectivity index (χ0) is 32.4. The summed E-state index contributed by atoms with van der Waals surface area (Å²) in [4.78, 5) is 2.79. The largest absolute Gasteiger partial charge is 0.330 e. The van der Waals surface area contributed by atoms with Crippen molar-refractivity contribution in [2.45, 2.75) is 233 Å². The first-order valence-electron chi connectivity index (χ1n) is 20.8. The van der Waals surface area contributed by atoms with Gasteiger partial charge in [0.25, 0.3) is 0 Å². The summed E-state index contributed by atoms with van der Waals surface area (Å²) >= 11 is 0. The molecular weight excluding hydrogens is 532 g/mol. The highest BCUT2D eigenvalue weighted by molar-refractivity contribution is 4.81. The summed E-state index contributed by atoms with van der Waals surface area (Å²) in [6, 6.07) is 0. The molecule has 0 atom stereocenters. The van der Waals surface area contributed by atoms with Crippen molar-refractivity contribution in [2.24, 2.45) is 5.73 Å². The van der Waals surface area contributed by atoms with E-state index in [0.717, 1.165) is 6.54 Å². The summed E-state index contributed by atoms with van der Waals surface area (Å²) in [6.07, 6.45) is 49.6. The van der Waals surface area contributed by atoms with E-state index in [1.54, 1.807) is 0 Å². The number of nitrogens with two attached hydrogens (primary N) is 1. The summed E-state index contributed by atoms with van der Waals surface area (Å²) in [5, 5.41) is 0. The minimum Gasteiger partial charge on any atom is -0.330 e. The maximum absolute atomic E-state index is 5.47. The molecule has 0 heterocycles. The third-order valence-corrected chi connectivity index (χ3v) is 9.20. The van der Waals surface area contributed by atoms with Gasteiger partial charge in [-0.05, 0) is 77.5 Å². The van der Waals surface area contributed by atoms with Crippen LogP contribution in [0.3, 0.4) is 0 Å². The van der Waals surface area contributed by atoms with Crippen LogP contribution in [0.15, 0.2) is 12.2 Å². The van der Waals surface area contributed by atoms with Gasteiger partial charge in [-0.3, -0.25) is 0 Å². The van der Waals surface area contributed by atoms with Crippen LogP contribution in [-0.2, 0) is 0 Å². The Bertz CT molecular complexity index is 450. The average molecular weight is 621 g/mol. The fourth-order valence-electron chi connectivity index (χ4n) is 6.07. The van der Waals surface area contributed by atoms with Crippen LogP contribution in [0.4, 0.5) is 0 Å². The Morgan fingerprint density at radius 1 is 0.318 bits per heavy atom. The number of unbranched alkanes of at least 4 members (excludes halogenated alkanes) is 27. The summed E-state index contributed by atoms with van der Waals surface area (Å²) in [5.74, 6) is 0. The molecule has 0 unspecified atom stereocenters. The summed E-state index contributed by atoms with van der Waals surface area (Å²) in [6.45, 7) is 14.1. The predicted molar refractivity (Wildman–Crippen MR) is 205 cm³/mol. The molecule has 0 rings (SSSR count). The predicted octanol–water partition coefficient (Wildman–Crippen LogP) is 14.4. The second kappa shape index (κ2) is 44.8. The number of allylic oxidation sites excluding steroid dienone is 2. The Balaban J connectivity index is 0. The Labute approximate surface area is 281 Å². The molecule has 0 amide bonds. The fraction of sp³-hybridized carbons (Fsp3) is 0.952. The van der Waals surface area contributed by atoms with E-state index in [2.05, 4.69) is 44.7 Å². The van der Waals surface area contributed by atoms with Gasteiger partial charge in [0.15, 0.2) is 0 Å². The zero-order valence-corrected chi connectivity index (χ0v) is 31.6. The molecule has 2 heteroatoms. The molecule has 2 nitrogen and oxygen atoms in total. The highest BCUT2D eigenvalue weighted by Crippen LogP contribution is 2.12. The molecule has 0 spiro atoms. The van der Waals surface area contributed by atoms with Crippen LogP contribution < -0.4 is 5.73 Å². The minimum absolute atomic E-state index is 0.862. The van der Waals surface area contributed by atoms with Gasteiger partial charge in [0.2, 0.25) is 0 Å². The molecule has 0 radical (unpaired) electrons. The molecule has 266 valence electrons. The van der Waals surface area contributed by atoms with Gasteiger partial charge >= 0.3 is 0 Å². The molecule has 0 saturated carbocycles. The second-order valence-corrected chi connectivity index (χ2v) is 13.9. The van der Waals surface area contributed by atoms with Crippen molar-refractivity contribution in [3.05, 3.63) is 12.2 Å². The second-order valence-electron chi connectivity index (χ2n) is 13.9. The maximum atomic E-state index is 5.47. The van der Waals surface area contributed by atoms with Gasteiger partial charge in [-0.15, -0.1) is 0 Å². The number of rotatable bonds is 36. The minimum atomic E-state index is 0.862. The molecule has 0 aromatic heterocycles. The molecule has 0 aliphatic heterocycles. The van der Waals surface area contributed by atoms with Gasteiger partial charge in [0.1, 0.15) is 0 Å². The highest BCUT2D eigenvalue weighted by Gasteiger charge is 2.05.